The zero-order valence-corrected chi connectivity index (χ0v) is 17.0. The predicted molar refractivity (Wildman–Crippen MR) is 103 cm³/mol. The highest BCUT2D eigenvalue weighted by molar-refractivity contribution is 5.71. The van der Waals surface area contributed by atoms with Gasteiger partial charge in [0.1, 0.15) is 0 Å². The van der Waals surface area contributed by atoms with Crippen molar-refractivity contribution >= 4 is 5.97 Å². The van der Waals surface area contributed by atoms with Gasteiger partial charge in [-0.05, 0) is 105 Å². The van der Waals surface area contributed by atoms with Crippen LogP contribution in [0, 0.1) is 46.3 Å². The molecule has 0 aromatic rings. The van der Waals surface area contributed by atoms with Gasteiger partial charge in [-0.3, -0.25) is 4.79 Å². The largest absolute Gasteiger partial charge is 0.481 e. The lowest BCUT2D eigenvalue weighted by molar-refractivity contribution is -0.153. The van der Waals surface area contributed by atoms with Crippen LogP contribution in [-0.2, 0) is 9.53 Å². The van der Waals surface area contributed by atoms with Gasteiger partial charge in [-0.15, -0.1) is 0 Å². The minimum Gasteiger partial charge on any atom is -0.481 e. The van der Waals surface area contributed by atoms with Crippen molar-refractivity contribution in [2.45, 2.75) is 78.6 Å². The Balaban J connectivity index is 1.51. The molecular weight excluding hydrogens is 324 g/mol. The summed E-state index contributed by atoms with van der Waals surface area (Å²) in [6.07, 6.45) is 11.2. The molecule has 0 aromatic heterocycles. The van der Waals surface area contributed by atoms with Gasteiger partial charge in [0.2, 0.25) is 0 Å². The molecule has 4 aliphatic rings. The zero-order chi connectivity index (χ0) is 18.5. The normalized spacial score (nSPS) is 50.6. The predicted octanol–water partition coefficient (Wildman–Crippen LogP) is 5.38. The maximum absolute atomic E-state index is 11.8. The van der Waals surface area contributed by atoms with Crippen molar-refractivity contribution in [1.82, 2.24) is 0 Å². The fourth-order valence-electron chi connectivity index (χ4n) is 8.19. The van der Waals surface area contributed by atoms with E-state index in [0.717, 1.165) is 56.1 Å². The summed E-state index contributed by atoms with van der Waals surface area (Å²) in [6, 6.07) is 0. The fourth-order valence-corrected chi connectivity index (χ4v) is 8.19. The summed E-state index contributed by atoms with van der Waals surface area (Å²) in [6.45, 7) is 8.81. The lowest BCUT2D eigenvalue weighted by Gasteiger charge is -2.61. The van der Waals surface area contributed by atoms with Gasteiger partial charge in [-0.1, -0.05) is 13.8 Å². The number of hydrogen-bond acceptors (Lipinski definition) is 2. The molecule has 8 atom stereocenters. The number of aliphatic carboxylic acids is 1. The first-order valence-corrected chi connectivity index (χ1v) is 11.2. The Morgan fingerprint density at radius 3 is 2.46 bits per heavy atom. The number of hydrogen-bond donors (Lipinski definition) is 1. The van der Waals surface area contributed by atoms with Crippen LogP contribution in [0.25, 0.3) is 0 Å². The maximum atomic E-state index is 11.8. The molecule has 0 radical (unpaired) electrons. The number of rotatable bonds is 4. The van der Waals surface area contributed by atoms with Crippen LogP contribution in [-0.4, -0.2) is 24.3 Å². The van der Waals surface area contributed by atoms with E-state index in [1.807, 2.05) is 0 Å². The number of carboxylic acid groups (broad SMARTS) is 1. The van der Waals surface area contributed by atoms with E-state index >= 15 is 0 Å². The van der Waals surface area contributed by atoms with Crippen molar-refractivity contribution in [3.05, 3.63) is 0 Å². The standard InChI is InChI=1S/C23H38O3/c1-4-26-14-15-9-11-22(2)16(13-15)5-6-17-18-7-8-20(21(24)25)23(18,3)12-10-19(17)22/h15-20H,4-14H2,1-3H3,(H,24,25). The molecule has 3 nitrogen and oxygen atoms in total. The quantitative estimate of drug-likeness (QED) is 0.730. The second-order valence-electron chi connectivity index (χ2n) is 10.5. The molecule has 4 aliphatic carbocycles. The van der Waals surface area contributed by atoms with Gasteiger partial charge in [-0.25, -0.2) is 0 Å². The molecule has 4 saturated carbocycles. The number of carboxylic acids is 1. The van der Waals surface area contributed by atoms with Crippen LogP contribution in [0.1, 0.15) is 78.6 Å². The summed E-state index contributed by atoms with van der Waals surface area (Å²) < 4.78 is 5.74. The number of fused-ring (bicyclic) bond motifs is 5. The van der Waals surface area contributed by atoms with E-state index in [0.29, 0.717) is 11.3 Å². The molecule has 0 bridgehead atoms. The van der Waals surface area contributed by atoms with Crippen LogP contribution >= 0.6 is 0 Å². The van der Waals surface area contributed by atoms with Crippen molar-refractivity contribution in [3.63, 3.8) is 0 Å². The average Bonchev–Trinajstić information content (AvgIpc) is 2.97. The third-order valence-corrected chi connectivity index (χ3v) is 9.63. The Hall–Kier alpha value is -0.570. The van der Waals surface area contributed by atoms with E-state index in [9.17, 15) is 9.90 Å². The first-order chi connectivity index (χ1) is 12.4. The summed E-state index contributed by atoms with van der Waals surface area (Å²) in [7, 11) is 0. The van der Waals surface area contributed by atoms with E-state index in [4.69, 9.17) is 4.74 Å². The van der Waals surface area contributed by atoms with Crippen molar-refractivity contribution < 1.29 is 14.6 Å². The highest BCUT2D eigenvalue weighted by Crippen LogP contribution is 2.67. The van der Waals surface area contributed by atoms with Gasteiger partial charge in [0, 0.05) is 13.2 Å². The van der Waals surface area contributed by atoms with Crippen molar-refractivity contribution in [2.24, 2.45) is 46.3 Å². The van der Waals surface area contributed by atoms with Gasteiger partial charge in [-0.2, -0.15) is 0 Å². The van der Waals surface area contributed by atoms with Crippen LogP contribution in [0.3, 0.4) is 0 Å². The lowest BCUT2D eigenvalue weighted by atomic mass is 9.44. The first-order valence-electron chi connectivity index (χ1n) is 11.2. The van der Waals surface area contributed by atoms with Crippen LogP contribution in [0.4, 0.5) is 0 Å². The van der Waals surface area contributed by atoms with Crippen LogP contribution in [0.2, 0.25) is 0 Å². The Morgan fingerprint density at radius 2 is 1.73 bits per heavy atom. The summed E-state index contributed by atoms with van der Waals surface area (Å²) in [5.41, 5.74) is 0.552. The fraction of sp³-hybridized carbons (Fsp3) is 0.957. The Bertz CT molecular complexity index is 546. The third kappa shape index (κ3) is 2.75. The molecule has 0 aliphatic heterocycles. The van der Waals surface area contributed by atoms with Gasteiger partial charge in [0.25, 0.3) is 0 Å². The monoisotopic (exact) mass is 362 g/mol. The van der Waals surface area contributed by atoms with Crippen molar-refractivity contribution in [1.29, 1.82) is 0 Å². The first kappa shape index (κ1) is 18.8. The molecule has 0 saturated heterocycles. The maximum Gasteiger partial charge on any atom is 0.307 e. The molecule has 8 unspecified atom stereocenters. The lowest BCUT2D eigenvalue weighted by Crippen LogP contribution is -2.54. The average molecular weight is 363 g/mol. The van der Waals surface area contributed by atoms with Crippen LogP contribution in [0.15, 0.2) is 0 Å². The molecule has 0 heterocycles. The molecule has 4 rings (SSSR count). The van der Waals surface area contributed by atoms with Gasteiger partial charge in [0.05, 0.1) is 5.92 Å². The summed E-state index contributed by atoms with van der Waals surface area (Å²) in [4.78, 5) is 11.8. The molecule has 26 heavy (non-hydrogen) atoms. The molecule has 4 fully saturated rings. The zero-order valence-electron chi connectivity index (χ0n) is 17.0. The molecule has 0 aromatic carbocycles. The number of carbonyl (C=O) groups is 1. The summed E-state index contributed by atoms with van der Waals surface area (Å²) in [5.74, 6) is 3.26. The Labute approximate surface area is 159 Å². The minimum atomic E-state index is -0.537. The van der Waals surface area contributed by atoms with E-state index in [-0.39, 0.29) is 11.3 Å². The summed E-state index contributed by atoms with van der Waals surface area (Å²) >= 11 is 0. The Kier molecular flexibility index (Phi) is 4.91. The van der Waals surface area contributed by atoms with E-state index in [1.54, 1.807) is 0 Å². The number of ether oxygens (including phenoxy) is 1. The minimum absolute atomic E-state index is 0.0579. The van der Waals surface area contributed by atoms with Crippen LogP contribution < -0.4 is 0 Å². The molecule has 148 valence electrons. The Morgan fingerprint density at radius 1 is 1.00 bits per heavy atom. The van der Waals surface area contributed by atoms with E-state index in [1.165, 1.54) is 38.5 Å². The SMILES string of the molecule is CCOCC1CCC2(C)C(CCC3C2CCC2(C)C(C(=O)O)CCC32)C1. The van der Waals surface area contributed by atoms with Gasteiger partial charge >= 0.3 is 5.97 Å². The van der Waals surface area contributed by atoms with E-state index in [2.05, 4.69) is 20.8 Å². The van der Waals surface area contributed by atoms with Crippen LogP contribution in [0.5, 0.6) is 0 Å². The topological polar surface area (TPSA) is 46.5 Å². The second kappa shape index (κ2) is 6.79. The molecule has 0 spiro atoms. The molecule has 3 heteroatoms. The molecule has 1 N–H and O–H groups in total. The van der Waals surface area contributed by atoms with Gasteiger partial charge in [0.15, 0.2) is 0 Å². The van der Waals surface area contributed by atoms with E-state index < -0.39 is 5.97 Å². The smallest absolute Gasteiger partial charge is 0.307 e. The highest BCUT2D eigenvalue weighted by Gasteiger charge is 2.61. The van der Waals surface area contributed by atoms with Gasteiger partial charge < -0.3 is 9.84 Å². The molecule has 0 amide bonds. The third-order valence-electron chi connectivity index (χ3n) is 9.63. The highest BCUT2D eigenvalue weighted by atomic mass is 16.5. The van der Waals surface area contributed by atoms with Crippen molar-refractivity contribution in [2.75, 3.05) is 13.2 Å². The summed E-state index contributed by atoms with van der Waals surface area (Å²) in [5, 5.41) is 9.74. The van der Waals surface area contributed by atoms with Crippen molar-refractivity contribution in [3.8, 4) is 0 Å². The second-order valence-corrected chi connectivity index (χ2v) is 10.5. The molecular formula is C23H38O3.